The molecule has 1 aromatic heterocycles. The molecule has 1 unspecified atom stereocenters. The van der Waals surface area contributed by atoms with Crippen LogP contribution in [-0.4, -0.2) is 13.1 Å². The summed E-state index contributed by atoms with van der Waals surface area (Å²) in [6, 6.07) is 7.83. The molecule has 0 saturated carbocycles. The van der Waals surface area contributed by atoms with Crippen LogP contribution in [0.4, 0.5) is 0 Å². The SMILES string of the molecule is Cc1ccc(C)c(C(C)c2cc(C)cn([O-])c2=S(=O)=O)c1. The van der Waals surface area contributed by atoms with Crippen molar-refractivity contribution >= 4 is 10.3 Å². The van der Waals surface area contributed by atoms with E-state index in [0.29, 0.717) is 10.3 Å². The van der Waals surface area contributed by atoms with E-state index in [4.69, 9.17) is 0 Å². The number of aromatic nitrogens is 1. The van der Waals surface area contributed by atoms with Crippen molar-refractivity contribution < 1.29 is 8.42 Å². The summed E-state index contributed by atoms with van der Waals surface area (Å²) in [7, 11) is -2.57. The van der Waals surface area contributed by atoms with Crippen LogP contribution in [0.3, 0.4) is 0 Å². The average Bonchev–Trinajstić information content (AvgIpc) is 2.39. The number of aryl methyl sites for hydroxylation is 3. The zero-order valence-corrected chi connectivity index (χ0v) is 13.4. The van der Waals surface area contributed by atoms with Crippen molar-refractivity contribution in [1.29, 1.82) is 0 Å². The topological polar surface area (TPSA) is 62.1 Å². The highest BCUT2D eigenvalue weighted by molar-refractivity contribution is 7.63. The predicted molar refractivity (Wildman–Crippen MR) is 83.5 cm³/mol. The van der Waals surface area contributed by atoms with Crippen molar-refractivity contribution in [3.05, 3.63) is 68.1 Å². The first-order valence-electron chi connectivity index (χ1n) is 6.71. The minimum atomic E-state index is -2.57. The maximum Gasteiger partial charge on any atom is 0.238 e. The van der Waals surface area contributed by atoms with E-state index >= 15 is 0 Å². The Morgan fingerprint density at radius 3 is 2.29 bits per heavy atom. The van der Waals surface area contributed by atoms with Crippen LogP contribution in [0.25, 0.3) is 0 Å². The lowest BCUT2D eigenvalue weighted by atomic mass is 9.89. The number of nitrogens with zero attached hydrogens (tertiary/aromatic N) is 1. The van der Waals surface area contributed by atoms with Gasteiger partial charge in [0.15, 0.2) is 4.64 Å². The summed E-state index contributed by atoms with van der Waals surface area (Å²) < 4.78 is 23.1. The molecule has 0 aliphatic rings. The van der Waals surface area contributed by atoms with Gasteiger partial charge in [0.1, 0.15) is 0 Å². The molecule has 2 rings (SSSR count). The fraction of sp³-hybridized carbons (Fsp3) is 0.312. The van der Waals surface area contributed by atoms with Crippen molar-refractivity contribution in [2.45, 2.75) is 33.6 Å². The van der Waals surface area contributed by atoms with Gasteiger partial charge in [-0.15, -0.1) is 0 Å². The van der Waals surface area contributed by atoms with Gasteiger partial charge >= 0.3 is 0 Å². The molecule has 0 fully saturated rings. The number of hydrogen-bond acceptors (Lipinski definition) is 3. The van der Waals surface area contributed by atoms with Crippen LogP contribution in [0.5, 0.6) is 0 Å². The van der Waals surface area contributed by atoms with Crippen LogP contribution in [0, 0.1) is 30.6 Å². The molecule has 0 aliphatic heterocycles. The smallest absolute Gasteiger partial charge is 0.238 e. The fourth-order valence-electron chi connectivity index (χ4n) is 2.59. The average molecular weight is 304 g/mol. The molecule has 5 heteroatoms. The van der Waals surface area contributed by atoms with E-state index in [1.165, 1.54) is 6.20 Å². The van der Waals surface area contributed by atoms with Gasteiger partial charge in [-0.05, 0) is 43.0 Å². The van der Waals surface area contributed by atoms with Crippen LogP contribution in [0.15, 0.2) is 30.5 Å². The minimum absolute atomic E-state index is 0.169. The fourth-order valence-corrected chi connectivity index (χ4v) is 3.22. The van der Waals surface area contributed by atoms with Gasteiger partial charge in [0.2, 0.25) is 10.3 Å². The van der Waals surface area contributed by atoms with Gasteiger partial charge in [-0.3, -0.25) is 0 Å². The highest BCUT2D eigenvalue weighted by Crippen LogP contribution is 2.28. The summed E-state index contributed by atoms with van der Waals surface area (Å²) >= 11 is 0. The third kappa shape index (κ3) is 3.03. The molecular formula is C16H18NO3S-. The number of rotatable bonds is 2. The Hall–Kier alpha value is -2.01. The van der Waals surface area contributed by atoms with Gasteiger partial charge in [0.05, 0.1) is 0 Å². The van der Waals surface area contributed by atoms with Gasteiger partial charge in [0, 0.05) is 12.1 Å². The monoisotopic (exact) mass is 304 g/mol. The molecule has 0 bridgehead atoms. The number of hydrogen-bond donors (Lipinski definition) is 0. The van der Waals surface area contributed by atoms with E-state index in [0.717, 1.165) is 22.3 Å². The molecule has 0 aliphatic carbocycles. The first kappa shape index (κ1) is 15.4. The van der Waals surface area contributed by atoms with Gasteiger partial charge in [0.25, 0.3) is 0 Å². The highest BCUT2D eigenvalue weighted by Gasteiger charge is 2.15. The molecule has 1 aromatic carbocycles. The van der Waals surface area contributed by atoms with Crippen LogP contribution in [0.1, 0.15) is 40.7 Å². The van der Waals surface area contributed by atoms with Gasteiger partial charge in [-0.2, -0.15) is 8.42 Å². The second-order valence-corrected chi connectivity index (χ2v) is 6.28. The molecule has 2 aromatic rings. The first-order valence-corrected chi connectivity index (χ1v) is 7.79. The Kier molecular flexibility index (Phi) is 4.23. The van der Waals surface area contributed by atoms with Crippen LogP contribution >= 0.6 is 0 Å². The molecule has 21 heavy (non-hydrogen) atoms. The first-order chi connectivity index (χ1) is 9.81. The normalized spacial score (nSPS) is 12.2. The van der Waals surface area contributed by atoms with Crippen LogP contribution in [-0.2, 0) is 10.3 Å². The summed E-state index contributed by atoms with van der Waals surface area (Å²) in [4.78, 5) is 0. The number of benzene rings is 1. The predicted octanol–water partition coefficient (Wildman–Crippen LogP) is 3.32. The molecule has 4 nitrogen and oxygen atoms in total. The Morgan fingerprint density at radius 1 is 1.05 bits per heavy atom. The van der Waals surface area contributed by atoms with Crippen LogP contribution in [0.2, 0.25) is 0 Å². The second-order valence-electron chi connectivity index (χ2n) is 5.42. The van der Waals surface area contributed by atoms with Crippen molar-refractivity contribution in [3.63, 3.8) is 0 Å². The Bertz CT molecular complexity index is 856. The quantitative estimate of drug-likeness (QED) is 0.800. The maximum absolute atomic E-state index is 11.9. The Morgan fingerprint density at radius 2 is 1.67 bits per heavy atom. The lowest BCUT2D eigenvalue weighted by Gasteiger charge is -2.20. The molecular weight excluding hydrogens is 286 g/mol. The van der Waals surface area contributed by atoms with Gasteiger partial charge in [-0.1, -0.05) is 36.8 Å². The molecule has 112 valence electrons. The standard InChI is InChI=1S/C16H18NO3S/c1-10-5-6-12(3)14(7-10)13(4)15-8-11(2)9-17(18)16(15)21(19)20/h5-9,13H,1-4H3/q-1. The summed E-state index contributed by atoms with van der Waals surface area (Å²) in [5.41, 5.74) is 4.50. The lowest BCUT2D eigenvalue weighted by Crippen LogP contribution is -2.06. The van der Waals surface area contributed by atoms with Crippen molar-refractivity contribution in [1.82, 2.24) is 4.73 Å². The molecule has 0 radical (unpaired) electrons. The highest BCUT2D eigenvalue weighted by atomic mass is 32.2. The molecule has 1 heterocycles. The summed E-state index contributed by atoms with van der Waals surface area (Å²) in [5.74, 6) is -0.169. The maximum atomic E-state index is 11.9. The third-order valence-electron chi connectivity index (χ3n) is 3.68. The van der Waals surface area contributed by atoms with E-state index in [9.17, 15) is 13.6 Å². The number of pyridine rings is 1. The Balaban J connectivity index is 2.78. The van der Waals surface area contributed by atoms with Crippen molar-refractivity contribution in [2.75, 3.05) is 0 Å². The van der Waals surface area contributed by atoms with E-state index in [1.54, 1.807) is 13.0 Å². The zero-order chi connectivity index (χ0) is 15.7. The van der Waals surface area contributed by atoms with Gasteiger partial charge < -0.3 is 9.94 Å². The van der Waals surface area contributed by atoms with E-state index in [1.807, 2.05) is 39.0 Å². The summed E-state index contributed by atoms with van der Waals surface area (Å²) in [6.07, 6.45) is 1.28. The van der Waals surface area contributed by atoms with Gasteiger partial charge in [-0.25, -0.2) is 0 Å². The Labute approximate surface area is 125 Å². The molecule has 0 amide bonds. The van der Waals surface area contributed by atoms with Crippen molar-refractivity contribution in [3.8, 4) is 0 Å². The van der Waals surface area contributed by atoms with E-state index in [2.05, 4.69) is 0 Å². The summed E-state index contributed by atoms with van der Waals surface area (Å²) in [5, 5.41) is 11.9. The largest absolute Gasteiger partial charge is 0.805 e. The van der Waals surface area contributed by atoms with Crippen LogP contribution < -0.4 is 0 Å². The van der Waals surface area contributed by atoms with E-state index < -0.39 is 10.3 Å². The lowest BCUT2D eigenvalue weighted by molar-refractivity contribution is 0.622. The molecule has 0 N–H and O–H groups in total. The summed E-state index contributed by atoms with van der Waals surface area (Å²) in [6.45, 7) is 7.69. The third-order valence-corrected chi connectivity index (χ3v) is 4.41. The molecule has 0 saturated heterocycles. The molecule has 1 atom stereocenters. The zero-order valence-electron chi connectivity index (χ0n) is 12.5. The minimum Gasteiger partial charge on any atom is -0.805 e. The molecule has 0 spiro atoms. The van der Waals surface area contributed by atoms with Crippen molar-refractivity contribution in [2.24, 2.45) is 0 Å². The van der Waals surface area contributed by atoms with E-state index in [-0.39, 0.29) is 10.6 Å². The second kappa shape index (κ2) is 5.77.